The molecule has 0 saturated carbocycles. The Morgan fingerprint density at radius 2 is 0.209 bits per heavy atom. The number of rotatable bonds is 0. The van der Waals surface area contributed by atoms with E-state index in [-0.39, 0.29) is 0 Å². The monoisotopic (exact) mass is 613 g/mol. The largest absolute Gasteiger partial charge is 0.0604 e. The molecule has 0 aromatic rings. The maximum absolute atomic E-state index is 2.35. The number of hydrogen-bond acceptors (Lipinski definition) is 0. The van der Waals surface area contributed by atoms with Crippen LogP contribution in [0.1, 0.15) is 222 Å². The van der Waals surface area contributed by atoms with E-state index in [2.05, 4.69) is 222 Å². The van der Waals surface area contributed by atoms with Crippen LogP contribution in [0.5, 0.6) is 0 Å². The second-order valence-electron chi connectivity index (χ2n) is 24.2. The molecule has 0 aliphatic rings. The molecule has 0 spiro atoms. The number of hydrogen-bond donors (Lipinski definition) is 0. The highest BCUT2D eigenvalue weighted by Gasteiger charge is 2.43. The minimum Gasteiger partial charge on any atom is -0.0604 e. The third-order valence-electron chi connectivity index (χ3n) is 12.0. The Balaban J connectivity index is -0.000000143. The van der Waals surface area contributed by atoms with Crippen LogP contribution in [0.3, 0.4) is 0 Å². The zero-order chi connectivity index (χ0) is 37.5. The standard InChI is InChI=1S/2C11H24.2C8H18.C5H12/c2*1-9(2,3)11(7,8)10(4,5)6;2*1-7(2,3)8(4,5)6;1-5(2,3)4/h2*1-8H3;2*1-6H3;1-4H3. The molecule has 0 aromatic carbocycles. The van der Waals surface area contributed by atoms with Crippen molar-refractivity contribution in [3.05, 3.63) is 0 Å². The minimum absolute atomic E-state index is 0.375. The molecule has 268 valence electrons. The van der Waals surface area contributed by atoms with E-state index in [1.807, 2.05) is 0 Å². The van der Waals surface area contributed by atoms with Crippen molar-refractivity contribution in [2.75, 3.05) is 0 Å². The lowest BCUT2D eigenvalue weighted by Gasteiger charge is -2.49. The van der Waals surface area contributed by atoms with Crippen molar-refractivity contribution in [2.45, 2.75) is 222 Å². The molecule has 0 saturated heterocycles. The molecule has 0 amide bonds. The van der Waals surface area contributed by atoms with Crippen LogP contribution in [0, 0.1) is 59.6 Å². The fourth-order valence-electron chi connectivity index (χ4n) is 2.25. The van der Waals surface area contributed by atoms with Gasteiger partial charge < -0.3 is 0 Å². The maximum Gasteiger partial charge on any atom is -0.0257 e. The van der Waals surface area contributed by atoms with Gasteiger partial charge in [0.25, 0.3) is 0 Å². The summed E-state index contributed by atoms with van der Waals surface area (Å²) in [6.07, 6.45) is 0. The second-order valence-corrected chi connectivity index (χ2v) is 24.2. The summed E-state index contributed by atoms with van der Waals surface area (Å²) >= 11 is 0. The molecular formula is C43H96. The average molecular weight is 613 g/mol. The summed E-state index contributed by atoms with van der Waals surface area (Å²) in [4.78, 5) is 0. The van der Waals surface area contributed by atoms with Gasteiger partial charge in [-0.2, -0.15) is 0 Å². The molecule has 0 heterocycles. The molecule has 0 N–H and O–H groups in total. The maximum atomic E-state index is 2.35. The highest BCUT2D eigenvalue weighted by Crippen LogP contribution is 2.51. The van der Waals surface area contributed by atoms with Crippen molar-refractivity contribution < 1.29 is 0 Å². The fourth-order valence-corrected chi connectivity index (χ4v) is 2.25. The van der Waals surface area contributed by atoms with Crippen molar-refractivity contribution in [3.8, 4) is 0 Å². The van der Waals surface area contributed by atoms with Gasteiger partial charge in [-0.05, 0) is 59.6 Å². The van der Waals surface area contributed by atoms with E-state index in [1.54, 1.807) is 0 Å². The van der Waals surface area contributed by atoms with Crippen LogP contribution in [-0.2, 0) is 0 Å². The molecule has 0 aliphatic carbocycles. The molecule has 0 heteroatoms. The van der Waals surface area contributed by atoms with E-state index in [4.69, 9.17) is 0 Å². The Hall–Kier alpha value is 0. The quantitative estimate of drug-likeness (QED) is 0.255. The summed E-state index contributed by atoms with van der Waals surface area (Å²) in [6, 6.07) is 0. The highest BCUT2D eigenvalue weighted by molar-refractivity contribution is 4.92. The third-order valence-corrected chi connectivity index (χ3v) is 12.0. The molecule has 0 nitrogen and oxygen atoms in total. The van der Waals surface area contributed by atoms with Gasteiger partial charge in [-0.1, -0.05) is 222 Å². The molecule has 0 radical (unpaired) electrons. The zero-order valence-electron chi connectivity index (χ0n) is 37.5. The zero-order valence-corrected chi connectivity index (χ0v) is 37.5. The van der Waals surface area contributed by atoms with Gasteiger partial charge in [0.2, 0.25) is 0 Å². The van der Waals surface area contributed by atoms with E-state index >= 15 is 0 Å². The minimum atomic E-state index is 0.375. The average Bonchev–Trinajstić information content (AvgIpc) is 2.54. The van der Waals surface area contributed by atoms with Crippen molar-refractivity contribution >= 4 is 0 Å². The lowest BCUT2D eigenvalue weighted by molar-refractivity contribution is 0.00566. The van der Waals surface area contributed by atoms with Crippen molar-refractivity contribution in [1.82, 2.24) is 0 Å². The molecule has 43 heavy (non-hydrogen) atoms. The first-order valence-electron chi connectivity index (χ1n) is 17.5. The van der Waals surface area contributed by atoms with E-state index < -0.39 is 0 Å². The lowest BCUT2D eigenvalue weighted by atomic mass is 9.56. The van der Waals surface area contributed by atoms with Crippen LogP contribution >= 0.6 is 0 Å². The Labute approximate surface area is 280 Å². The summed E-state index contributed by atoms with van der Waals surface area (Å²) in [7, 11) is 0. The van der Waals surface area contributed by atoms with Gasteiger partial charge >= 0.3 is 0 Å². The summed E-state index contributed by atoms with van der Waals surface area (Å²) in [5.74, 6) is 0. The molecular weight excluding hydrogens is 516 g/mol. The van der Waals surface area contributed by atoms with Crippen molar-refractivity contribution in [3.63, 3.8) is 0 Å². The Bertz CT molecular complexity index is 582. The van der Waals surface area contributed by atoms with Crippen LogP contribution in [0.25, 0.3) is 0 Å². The van der Waals surface area contributed by atoms with Gasteiger partial charge in [-0.3, -0.25) is 0 Å². The van der Waals surface area contributed by atoms with Gasteiger partial charge in [0.1, 0.15) is 0 Å². The van der Waals surface area contributed by atoms with Crippen LogP contribution in [-0.4, -0.2) is 0 Å². The van der Waals surface area contributed by atoms with Gasteiger partial charge in [0.15, 0.2) is 0 Å². The van der Waals surface area contributed by atoms with E-state index in [0.717, 1.165) is 0 Å². The Kier molecular flexibility index (Phi) is 19.8. The first-order chi connectivity index (χ1) is 17.5. The fraction of sp³-hybridized carbons (Fsp3) is 1.00. The molecule has 0 unspecified atom stereocenters. The van der Waals surface area contributed by atoms with Gasteiger partial charge in [-0.15, -0.1) is 0 Å². The predicted octanol–water partition coefficient (Wildman–Crippen LogP) is 16.4. The van der Waals surface area contributed by atoms with Gasteiger partial charge in [-0.25, -0.2) is 0 Å². The molecule has 0 atom stereocenters. The predicted molar refractivity (Wildman–Crippen MR) is 208 cm³/mol. The van der Waals surface area contributed by atoms with Crippen LogP contribution < -0.4 is 0 Å². The van der Waals surface area contributed by atoms with E-state index in [1.165, 1.54) is 0 Å². The van der Waals surface area contributed by atoms with Gasteiger partial charge in [0, 0.05) is 0 Å². The summed E-state index contributed by atoms with van der Waals surface area (Å²) < 4.78 is 0. The third kappa shape index (κ3) is 23.0. The Morgan fingerprint density at radius 1 is 0.140 bits per heavy atom. The van der Waals surface area contributed by atoms with Crippen molar-refractivity contribution in [2.24, 2.45) is 59.6 Å². The Morgan fingerprint density at radius 3 is 0.209 bits per heavy atom. The van der Waals surface area contributed by atoms with E-state index in [9.17, 15) is 0 Å². The highest BCUT2D eigenvalue weighted by atomic mass is 14.5. The summed E-state index contributed by atoms with van der Waals surface area (Å²) in [6.45, 7) is 73.2. The molecule has 0 rings (SSSR count). The van der Waals surface area contributed by atoms with Crippen LogP contribution in [0.2, 0.25) is 0 Å². The van der Waals surface area contributed by atoms with Crippen molar-refractivity contribution in [1.29, 1.82) is 0 Å². The molecule has 0 fully saturated rings. The van der Waals surface area contributed by atoms with E-state index in [0.29, 0.717) is 59.6 Å². The van der Waals surface area contributed by atoms with Crippen LogP contribution in [0.4, 0.5) is 0 Å². The normalized spacial score (nSPS) is 14.5. The van der Waals surface area contributed by atoms with Crippen LogP contribution in [0.15, 0.2) is 0 Å². The smallest absolute Gasteiger partial charge is 0.0257 e. The summed E-state index contributed by atoms with van der Waals surface area (Å²) in [5, 5.41) is 0. The first kappa shape index (κ1) is 52.5. The SMILES string of the molecule is CC(C)(C)C.CC(C)(C)C(C)(C)C.CC(C)(C)C(C)(C)C.CC(C)(C)C(C)(C)C(C)(C)C.CC(C)(C)C(C)(C)C(C)(C)C. The lowest BCUT2D eigenvalue weighted by Crippen LogP contribution is -2.41. The summed E-state index contributed by atoms with van der Waals surface area (Å²) in [5.41, 5.74) is 4.52. The topological polar surface area (TPSA) is 0 Å². The second kappa shape index (κ2) is 16.2. The first-order valence-corrected chi connectivity index (χ1v) is 17.5. The molecule has 0 aromatic heterocycles. The molecule has 0 aliphatic heterocycles. The van der Waals surface area contributed by atoms with Gasteiger partial charge in [0.05, 0.1) is 0 Å². The molecule has 0 bridgehead atoms.